The summed E-state index contributed by atoms with van der Waals surface area (Å²) >= 11 is 0. The number of carbonyl (C=O) groups excluding carboxylic acids is 1. The van der Waals surface area contributed by atoms with Gasteiger partial charge in [0.2, 0.25) is 5.91 Å². The molecule has 0 atom stereocenters. The molecule has 1 aliphatic rings. The fourth-order valence-corrected chi connectivity index (χ4v) is 3.50. The summed E-state index contributed by atoms with van der Waals surface area (Å²) in [5, 5.41) is 12.9. The molecule has 0 aliphatic carbocycles. The number of nitrogens with zero attached hydrogens (tertiary/aromatic N) is 2. The highest BCUT2D eigenvalue weighted by molar-refractivity contribution is 6.06. The van der Waals surface area contributed by atoms with Crippen molar-refractivity contribution < 1.29 is 24.2 Å². The molecule has 3 rings (SSSR count). The molecule has 162 valence electrons. The van der Waals surface area contributed by atoms with Crippen LogP contribution in [0.2, 0.25) is 0 Å². The Kier molecular flexibility index (Phi) is 6.42. The van der Waals surface area contributed by atoms with Gasteiger partial charge >= 0.3 is 5.97 Å². The van der Waals surface area contributed by atoms with E-state index in [0.29, 0.717) is 42.1 Å². The number of ether oxygens (including phenoxy) is 2. The molecular formula is C21H28N4O5. The van der Waals surface area contributed by atoms with Crippen LogP contribution in [-0.4, -0.2) is 71.9 Å². The number of hydrogen-bond acceptors (Lipinski definition) is 7. The van der Waals surface area contributed by atoms with E-state index in [4.69, 9.17) is 15.2 Å². The molecule has 9 heteroatoms. The maximum Gasteiger partial charge on any atom is 0.339 e. The average molecular weight is 416 g/mol. The summed E-state index contributed by atoms with van der Waals surface area (Å²) in [4.78, 5) is 30.4. The summed E-state index contributed by atoms with van der Waals surface area (Å²) in [7, 11) is 0. The Morgan fingerprint density at radius 2 is 2.03 bits per heavy atom. The number of amides is 1. The number of carboxylic acids is 1. The molecule has 30 heavy (non-hydrogen) atoms. The highest BCUT2D eigenvalue weighted by atomic mass is 16.5. The molecule has 1 aliphatic heterocycles. The molecule has 4 N–H and O–H groups in total. The number of anilines is 1. The normalized spacial score (nSPS) is 15.2. The van der Waals surface area contributed by atoms with Crippen molar-refractivity contribution in [1.29, 1.82) is 0 Å². The minimum atomic E-state index is -1.13. The lowest BCUT2D eigenvalue weighted by Gasteiger charge is -2.30. The molecule has 1 amide bonds. The second-order valence-corrected chi connectivity index (χ2v) is 8.05. The number of hydrogen-bond donors (Lipinski definition) is 3. The molecule has 0 bridgehead atoms. The van der Waals surface area contributed by atoms with Crippen molar-refractivity contribution in [3.05, 3.63) is 29.5 Å². The van der Waals surface area contributed by atoms with Crippen molar-refractivity contribution in [3.63, 3.8) is 0 Å². The van der Waals surface area contributed by atoms with Gasteiger partial charge in [0.05, 0.1) is 47.6 Å². The number of nitrogen functional groups attached to an aromatic ring is 1. The Bertz CT molecular complexity index is 954. The van der Waals surface area contributed by atoms with Gasteiger partial charge in [-0.2, -0.15) is 0 Å². The maximum atomic E-state index is 12.4. The zero-order valence-corrected chi connectivity index (χ0v) is 17.5. The number of carboxylic acid groups (broad SMARTS) is 1. The van der Waals surface area contributed by atoms with Crippen LogP contribution in [0.25, 0.3) is 10.9 Å². The van der Waals surface area contributed by atoms with Gasteiger partial charge in [-0.25, -0.2) is 4.79 Å². The number of carbonyl (C=O) groups is 2. The van der Waals surface area contributed by atoms with Crippen molar-refractivity contribution in [1.82, 2.24) is 15.2 Å². The van der Waals surface area contributed by atoms with Crippen molar-refractivity contribution in [2.24, 2.45) is 0 Å². The van der Waals surface area contributed by atoms with Gasteiger partial charge < -0.3 is 25.6 Å². The van der Waals surface area contributed by atoms with Gasteiger partial charge in [0.25, 0.3) is 0 Å². The number of nitrogens with one attached hydrogen (secondary N) is 1. The molecule has 1 fully saturated rings. The van der Waals surface area contributed by atoms with Gasteiger partial charge in [-0.1, -0.05) is 6.07 Å². The summed E-state index contributed by atoms with van der Waals surface area (Å²) < 4.78 is 11.3. The molecule has 0 saturated carbocycles. The summed E-state index contributed by atoms with van der Waals surface area (Å²) in [5.41, 5.74) is 6.51. The number of aromatic nitrogens is 1. The maximum absolute atomic E-state index is 12.4. The molecule has 2 heterocycles. The van der Waals surface area contributed by atoms with Crippen LogP contribution >= 0.6 is 0 Å². The highest BCUT2D eigenvalue weighted by Gasteiger charge is 2.25. The predicted octanol–water partition coefficient (Wildman–Crippen LogP) is 1.43. The van der Waals surface area contributed by atoms with Gasteiger partial charge in [-0.15, -0.1) is 0 Å². The molecule has 0 radical (unpaired) electrons. The summed E-state index contributed by atoms with van der Waals surface area (Å²) in [6, 6.07) is 5.24. The number of rotatable bonds is 7. The second-order valence-electron chi connectivity index (χ2n) is 8.05. The van der Waals surface area contributed by atoms with E-state index in [1.807, 2.05) is 18.7 Å². The largest absolute Gasteiger partial charge is 0.490 e. The van der Waals surface area contributed by atoms with Crippen molar-refractivity contribution >= 4 is 28.5 Å². The molecule has 1 aromatic heterocycles. The van der Waals surface area contributed by atoms with E-state index in [1.165, 1.54) is 0 Å². The molecule has 0 unspecified atom stereocenters. The number of aryl methyl sites for hydroxylation is 1. The van der Waals surface area contributed by atoms with E-state index in [0.717, 1.165) is 13.1 Å². The fraction of sp³-hybridized carbons (Fsp3) is 0.476. The first-order chi connectivity index (χ1) is 14.2. The van der Waals surface area contributed by atoms with E-state index in [9.17, 15) is 14.7 Å². The van der Waals surface area contributed by atoms with Crippen LogP contribution < -0.4 is 15.8 Å². The minimum Gasteiger partial charge on any atom is -0.490 e. The van der Waals surface area contributed by atoms with Crippen LogP contribution in [0.15, 0.2) is 18.2 Å². The van der Waals surface area contributed by atoms with E-state index in [2.05, 4.69) is 10.3 Å². The lowest BCUT2D eigenvalue weighted by atomic mass is 10.0. The van der Waals surface area contributed by atoms with Crippen molar-refractivity contribution in [2.45, 2.75) is 26.3 Å². The highest BCUT2D eigenvalue weighted by Crippen LogP contribution is 2.33. The van der Waals surface area contributed by atoms with Crippen LogP contribution in [0.4, 0.5) is 5.69 Å². The predicted molar refractivity (Wildman–Crippen MR) is 113 cm³/mol. The van der Waals surface area contributed by atoms with Gasteiger partial charge in [0, 0.05) is 13.1 Å². The summed E-state index contributed by atoms with van der Waals surface area (Å²) in [5.74, 6) is -0.797. The Hall–Kier alpha value is -2.91. The number of morpholine rings is 1. The molecule has 2 aromatic rings. The average Bonchev–Trinajstić information content (AvgIpc) is 2.66. The first kappa shape index (κ1) is 21.8. The van der Waals surface area contributed by atoms with Gasteiger partial charge in [-0.3, -0.25) is 14.7 Å². The third-order valence-corrected chi connectivity index (χ3v) is 4.94. The van der Waals surface area contributed by atoms with Crippen LogP contribution in [0, 0.1) is 6.92 Å². The Labute approximate surface area is 175 Å². The number of aromatic carboxylic acids is 1. The van der Waals surface area contributed by atoms with Gasteiger partial charge in [-0.05, 0) is 32.9 Å². The fourth-order valence-electron chi connectivity index (χ4n) is 3.50. The van der Waals surface area contributed by atoms with Crippen molar-refractivity contribution in [2.75, 3.05) is 45.2 Å². The van der Waals surface area contributed by atoms with Crippen LogP contribution in [0.1, 0.15) is 29.9 Å². The zero-order valence-electron chi connectivity index (χ0n) is 17.5. The SMILES string of the molecule is Cc1nc2cccc(OCC(C)(C)NC(=O)CN3CCOCC3)c2c(N)c1C(=O)O. The first-order valence-corrected chi connectivity index (χ1v) is 9.84. The Morgan fingerprint density at radius 1 is 1.33 bits per heavy atom. The van der Waals surface area contributed by atoms with E-state index < -0.39 is 11.5 Å². The Morgan fingerprint density at radius 3 is 2.70 bits per heavy atom. The Balaban J connectivity index is 1.73. The summed E-state index contributed by atoms with van der Waals surface area (Å²) in [6.45, 7) is 8.56. The molecule has 1 saturated heterocycles. The number of benzene rings is 1. The molecule has 0 spiro atoms. The number of nitrogens with two attached hydrogens (primary N) is 1. The molecule has 1 aromatic carbocycles. The lowest BCUT2D eigenvalue weighted by Crippen LogP contribution is -2.52. The van der Waals surface area contributed by atoms with Crippen LogP contribution in [-0.2, 0) is 9.53 Å². The monoisotopic (exact) mass is 416 g/mol. The molecule has 9 nitrogen and oxygen atoms in total. The summed E-state index contributed by atoms with van der Waals surface area (Å²) in [6.07, 6.45) is 0. The number of pyridine rings is 1. The second kappa shape index (κ2) is 8.85. The van der Waals surface area contributed by atoms with E-state index in [-0.39, 0.29) is 23.8 Å². The quantitative estimate of drug-likeness (QED) is 0.619. The standard InChI is InChI=1S/C21H28N4O5/c1-13-17(20(27)28)19(22)18-14(23-13)5-4-6-15(18)30-12-21(2,3)24-16(26)11-25-7-9-29-10-8-25/h4-6H,7-12H2,1-3H3,(H2,22,23)(H,24,26)(H,27,28). The smallest absolute Gasteiger partial charge is 0.339 e. The molecular weight excluding hydrogens is 388 g/mol. The van der Waals surface area contributed by atoms with E-state index in [1.54, 1.807) is 25.1 Å². The number of fused-ring (bicyclic) bond motifs is 1. The van der Waals surface area contributed by atoms with Crippen LogP contribution in [0.5, 0.6) is 5.75 Å². The topological polar surface area (TPSA) is 127 Å². The van der Waals surface area contributed by atoms with Gasteiger partial charge in [0.1, 0.15) is 17.9 Å². The third-order valence-electron chi connectivity index (χ3n) is 4.94. The van der Waals surface area contributed by atoms with Crippen molar-refractivity contribution in [3.8, 4) is 5.75 Å². The lowest BCUT2D eigenvalue weighted by molar-refractivity contribution is -0.125. The third kappa shape index (κ3) is 4.98. The zero-order chi connectivity index (χ0) is 21.9. The van der Waals surface area contributed by atoms with E-state index >= 15 is 0 Å². The first-order valence-electron chi connectivity index (χ1n) is 9.84. The minimum absolute atomic E-state index is 0.0309. The van der Waals surface area contributed by atoms with Gasteiger partial charge in [0.15, 0.2) is 0 Å². The van der Waals surface area contributed by atoms with Crippen LogP contribution in [0.3, 0.4) is 0 Å².